The van der Waals surface area contributed by atoms with E-state index in [-0.39, 0.29) is 29.8 Å². The van der Waals surface area contributed by atoms with Crippen LogP contribution in [0.4, 0.5) is 14.6 Å². The smallest absolute Gasteiger partial charge is 0.270 e. The van der Waals surface area contributed by atoms with Gasteiger partial charge in [-0.3, -0.25) is 14.6 Å². The molecule has 0 aliphatic carbocycles. The average Bonchev–Trinajstić information content (AvgIpc) is 3.18. The highest BCUT2D eigenvalue weighted by atomic mass is 19.1. The van der Waals surface area contributed by atoms with Gasteiger partial charge >= 0.3 is 0 Å². The van der Waals surface area contributed by atoms with Gasteiger partial charge in [-0.2, -0.15) is 0 Å². The fourth-order valence-electron chi connectivity index (χ4n) is 5.35. The number of rotatable bonds is 5. The maximum Gasteiger partial charge on any atom is 0.270 e. The van der Waals surface area contributed by atoms with Crippen molar-refractivity contribution in [3.05, 3.63) is 100 Å². The van der Waals surface area contributed by atoms with Crippen LogP contribution in [0, 0.1) is 17.6 Å². The number of benzene rings is 2. The molecule has 6 nitrogen and oxygen atoms in total. The second-order valence-corrected chi connectivity index (χ2v) is 10.7. The van der Waals surface area contributed by atoms with E-state index in [0.717, 1.165) is 41.2 Å². The van der Waals surface area contributed by atoms with Gasteiger partial charge < -0.3 is 10.2 Å². The summed E-state index contributed by atoms with van der Waals surface area (Å²) in [5.74, 6) is -1.25. The summed E-state index contributed by atoms with van der Waals surface area (Å²) in [7, 11) is 0. The largest absolute Gasteiger partial charge is 0.310 e. The summed E-state index contributed by atoms with van der Waals surface area (Å²) >= 11 is 0. The van der Waals surface area contributed by atoms with E-state index in [1.165, 1.54) is 12.1 Å². The zero-order valence-corrected chi connectivity index (χ0v) is 22.9. The van der Waals surface area contributed by atoms with Crippen LogP contribution in [-0.2, 0) is 34.5 Å². The third-order valence-electron chi connectivity index (χ3n) is 7.55. The minimum atomic E-state index is -1.23. The number of pyridine rings is 1. The number of nitrogens with one attached hydrogen (secondary N) is 1. The molecule has 1 N–H and O–H groups in total. The minimum absolute atomic E-state index is 0.0590. The molecule has 3 aromatic rings. The molecule has 1 atom stereocenters. The van der Waals surface area contributed by atoms with Crippen molar-refractivity contribution < 1.29 is 18.4 Å². The molecule has 40 heavy (non-hydrogen) atoms. The van der Waals surface area contributed by atoms with Gasteiger partial charge in [0.25, 0.3) is 5.91 Å². The second kappa shape index (κ2) is 11.1. The van der Waals surface area contributed by atoms with Crippen LogP contribution in [0.15, 0.2) is 65.8 Å². The van der Waals surface area contributed by atoms with Crippen molar-refractivity contribution in [2.45, 2.75) is 52.1 Å². The predicted molar refractivity (Wildman–Crippen MR) is 152 cm³/mol. The molecule has 5 rings (SSSR count). The van der Waals surface area contributed by atoms with Gasteiger partial charge in [-0.25, -0.2) is 13.8 Å². The molecule has 1 aromatic heterocycles. The number of anilines is 1. The van der Waals surface area contributed by atoms with Crippen LogP contribution >= 0.6 is 0 Å². The first-order valence-corrected chi connectivity index (χ1v) is 13.5. The standard InChI is InChI=1S/C32H32F2N4O2/c1-20(2)29-31(40)38(32(3,37-29)25-17-26(33)19-27(34)18-25)15-5-6-21-8-9-22-12-13-28(39)36-30-23(7-4-14-35-30)10-11-24(22)16-21/h4-9,14,16-20H,10-13,15H2,1-3H3,(H,35,36,39)/b6-5+/t32-/m0/s1. The second-order valence-electron chi connectivity index (χ2n) is 10.7. The predicted octanol–water partition coefficient (Wildman–Crippen LogP) is 5.86. The van der Waals surface area contributed by atoms with Gasteiger partial charge in [-0.15, -0.1) is 0 Å². The van der Waals surface area contributed by atoms with Gasteiger partial charge in [0.05, 0.1) is 0 Å². The maximum absolute atomic E-state index is 14.1. The van der Waals surface area contributed by atoms with Crippen molar-refractivity contribution in [2.75, 3.05) is 11.9 Å². The van der Waals surface area contributed by atoms with Crippen molar-refractivity contribution in [2.24, 2.45) is 10.9 Å². The van der Waals surface area contributed by atoms with Crippen LogP contribution < -0.4 is 5.32 Å². The molecule has 206 valence electrons. The molecule has 2 amide bonds. The lowest BCUT2D eigenvalue weighted by molar-refractivity contribution is -0.127. The van der Waals surface area contributed by atoms with E-state index in [4.69, 9.17) is 0 Å². The third kappa shape index (κ3) is 5.57. The summed E-state index contributed by atoms with van der Waals surface area (Å²) in [6.07, 6.45) is 8.03. The molecule has 0 spiro atoms. The molecule has 2 aliphatic heterocycles. The molecule has 2 aromatic carbocycles. The number of amides is 2. The number of nitrogens with zero attached hydrogens (tertiary/aromatic N) is 3. The van der Waals surface area contributed by atoms with Gasteiger partial charge in [0.2, 0.25) is 5.91 Å². The fraction of sp³-hybridized carbons (Fsp3) is 0.312. The number of fused-ring (bicyclic) bond motifs is 2. The molecule has 0 saturated heterocycles. The lowest BCUT2D eigenvalue weighted by Gasteiger charge is -2.33. The summed E-state index contributed by atoms with van der Waals surface area (Å²) in [4.78, 5) is 36.3. The van der Waals surface area contributed by atoms with E-state index >= 15 is 0 Å². The summed E-state index contributed by atoms with van der Waals surface area (Å²) in [6, 6.07) is 13.3. The summed E-state index contributed by atoms with van der Waals surface area (Å²) in [5, 5.41) is 2.92. The monoisotopic (exact) mass is 542 g/mol. The number of hydrogen-bond acceptors (Lipinski definition) is 4. The van der Waals surface area contributed by atoms with E-state index in [9.17, 15) is 18.4 Å². The lowest BCUT2D eigenvalue weighted by Crippen LogP contribution is -2.43. The average molecular weight is 543 g/mol. The Morgan fingerprint density at radius 3 is 2.45 bits per heavy atom. The van der Waals surface area contributed by atoms with Crippen LogP contribution in [0.25, 0.3) is 6.08 Å². The van der Waals surface area contributed by atoms with E-state index in [1.807, 2.05) is 44.2 Å². The Balaban J connectivity index is 1.39. The first-order chi connectivity index (χ1) is 19.1. The highest BCUT2D eigenvalue weighted by Crippen LogP contribution is 2.37. The lowest BCUT2D eigenvalue weighted by atomic mass is 9.94. The molecule has 3 heterocycles. The van der Waals surface area contributed by atoms with Crippen LogP contribution in [0.2, 0.25) is 0 Å². The van der Waals surface area contributed by atoms with Gasteiger partial charge in [0.15, 0.2) is 5.66 Å². The molecule has 8 heteroatoms. The molecule has 0 bridgehead atoms. The number of aromatic nitrogens is 1. The normalized spacial score (nSPS) is 19.4. The van der Waals surface area contributed by atoms with E-state index in [2.05, 4.69) is 27.4 Å². The number of aryl methyl sites for hydroxylation is 3. The highest BCUT2D eigenvalue weighted by Gasteiger charge is 2.45. The van der Waals surface area contributed by atoms with Crippen molar-refractivity contribution in [3.63, 3.8) is 0 Å². The molecular formula is C32H32F2N4O2. The summed E-state index contributed by atoms with van der Waals surface area (Å²) in [5.41, 5.74) is 3.68. The minimum Gasteiger partial charge on any atom is -0.310 e. The Hall–Kier alpha value is -4.20. The van der Waals surface area contributed by atoms with Crippen molar-refractivity contribution in [1.29, 1.82) is 0 Å². The Bertz CT molecular complexity index is 1510. The summed E-state index contributed by atoms with van der Waals surface area (Å²) in [6.45, 7) is 5.68. The number of halogens is 2. The number of aliphatic imine (C=N–C) groups is 1. The van der Waals surface area contributed by atoms with Crippen molar-refractivity contribution in [1.82, 2.24) is 9.88 Å². The number of hydrogen-bond donors (Lipinski definition) is 1. The SMILES string of the molecule is CC(C)C1=N[C@](C)(c2cc(F)cc(F)c2)N(C/C=C/c2ccc3c(c2)CCc2cccnc2NC(=O)CC3)C1=O. The molecule has 0 unspecified atom stereocenters. The number of carbonyl (C=O) groups is 2. The van der Waals surface area contributed by atoms with E-state index in [0.29, 0.717) is 24.4 Å². The van der Waals surface area contributed by atoms with E-state index in [1.54, 1.807) is 18.0 Å². The van der Waals surface area contributed by atoms with Crippen LogP contribution in [0.3, 0.4) is 0 Å². The Morgan fingerprint density at radius 1 is 0.975 bits per heavy atom. The topological polar surface area (TPSA) is 74.7 Å². The van der Waals surface area contributed by atoms with Gasteiger partial charge in [-0.1, -0.05) is 50.3 Å². The zero-order chi connectivity index (χ0) is 28.4. The van der Waals surface area contributed by atoms with Crippen LogP contribution in [0.5, 0.6) is 0 Å². The van der Waals surface area contributed by atoms with Gasteiger partial charge in [-0.05, 0) is 66.6 Å². The van der Waals surface area contributed by atoms with Crippen molar-refractivity contribution in [3.8, 4) is 0 Å². The highest BCUT2D eigenvalue weighted by molar-refractivity contribution is 6.41. The van der Waals surface area contributed by atoms with Crippen LogP contribution in [0.1, 0.15) is 55.0 Å². The van der Waals surface area contributed by atoms with Crippen LogP contribution in [-0.4, -0.2) is 34.0 Å². The van der Waals surface area contributed by atoms with Gasteiger partial charge in [0.1, 0.15) is 23.2 Å². The molecular weight excluding hydrogens is 510 g/mol. The van der Waals surface area contributed by atoms with Crippen molar-refractivity contribution >= 4 is 29.4 Å². The molecule has 0 saturated carbocycles. The first-order valence-electron chi connectivity index (χ1n) is 13.5. The third-order valence-corrected chi connectivity index (χ3v) is 7.55. The Morgan fingerprint density at radius 2 is 1.70 bits per heavy atom. The Kier molecular flexibility index (Phi) is 7.61. The summed E-state index contributed by atoms with van der Waals surface area (Å²) < 4.78 is 28.2. The Labute approximate surface area is 232 Å². The zero-order valence-electron chi connectivity index (χ0n) is 22.9. The number of carbonyl (C=O) groups excluding carboxylic acids is 2. The molecule has 2 aliphatic rings. The fourth-order valence-corrected chi connectivity index (χ4v) is 5.35. The van der Waals surface area contributed by atoms with Gasteiger partial charge in [0, 0.05) is 36.7 Å². The maximum atomic E-state index is 14.1. The quantitative estimate of drug-likeness (QED) is 0.439. The first kappa shape index (κ1) is 27.4. The van der Waals surface area contributed by atoms with E-state index < -0.39 is 17.3 Å². The molecule has 0 fully saturated rings. The molecule has 0 radical (unpaired) electrons.